The Morgan fingerprint density at radius 2 is 2.12 bits per heavy atom. The van der Waals surface area contributed by atoms with Gasteiger partial charge in [-0.15, -0.1) is 0 Å². The molecule has 1 aliphatic rings. The summed E-state index contributed by atoms with van der Waals surface area (Å²) < 4.78 is 37.6. The Morgan fingerprint density at radius 3 is 2.94 bits per heavy atom. The number of hydrogen-bond acceptors (Lipinski definition) is 6. The number of fused-ring (bicyclic) bond motifs is 2. The fourth-order valence-corrected chi connectivity index (χ4v) is 4.02. The molecule has 0 radical (unpaired) electrons. The molecule has 4 heterocycles. The van der Waals surface area contributed by atoms with Crippen LogP contribution in [-0.2, 0) is 17.8 Å². The number of alkyl halides is 2. The Labute approximate surface area is 181 Å². The van der Waals surface area contributed by atoms with E-state index in [2.05, 4.69) is 15.0 Å². The lowest BCUT2D eigenvalue weighted by atomic mass is 9.98. The van der Waals surface area contributed by atoms with Crippen LogP contribution in [0.5, 0.6) is 0 Å². The summed E-state index contributed by atoms with van der Waals surface area (Å²) in [5, 5.41) is 0.951. The van der Waals surface area contributed by atoms with Gasteiger partial charge in [0, 0.05) is 31.2 Å². The summed E-state index contributed by atoms with van der Waals surface area (Å²) in [6, 6.07) is 10.7. The number of amides is 1. The van der Waals surface area contributed by atoms with Gasteiger partial charge in [0.2, 0.25) is 11.7 Å². The predicted octanol–water partition coefficient (Wildman–Crippen LogP) is 3.82. The quantitative estimate of drug-likeness (QED) is 0.508. The van der Waals surface area contributed by atoms with E-state index in [1.165, 1.54) is 12.0 Å². The third-order valence-electron chi connectivity index (χ3n) is 5.45. The van der Waals surface area contributed by atoms with Gasteiger partial charge >= 0.3 is 0 Å². The Balaban J connectivity index is 1.60. The number of ether oxygens (including phenoxy) is 1. The van der Waals surface area contributed by atoms with Crippen molar-refractivity contribution in [2.75, 3.05) is 13.7 Å². The van der Waals surface area contributed by atoms with Gasteiger partial charge in [-0.2, -0.15) is 0 Å². The third kappa shape index (κ3) is 3.42. The highest BCUT2D eigenvalue weighted by atomic mass is 19.3. The maximum absolute atomic E-state index is 13.6. The second kappa shape index (κ2) is 8.12. The number of nitrogens with zero attached hydrogens (tertiary/aromatic N) is 4. The monoisotopic (exact) mass is 439 g/mol. The fraction of sp³-hybridized carbons (Fsp3) is 0.273. The number of carbonyl (C=O) groups is 1. The van der Waals surface area contributed by atoms with Gasteiger partial charge in [0.15, 0.2) is 5.69 Å². The lowest BCUT2D eigenvalue weighted by Crippen LogP contribution is -2.41. The number of carbonyl (C=O) groups excluding carboxylic acids is 1. The average Bonchev–Trinajstić information content (AvgIpc) is 3.45. The molecule has 0 aliphatic carbocycles. The molecule has 0 saturated carbocycles. The zero-order valence-electron chi connectivity index (χ0n) is 17.1. The van der Waals surface area contributed by atoms with Crippen LogP contribution in [0, 0.1) is 0 Å². The second-order valence-electron chi connectivity index (χ2n) is 7.40. The number of H-pyrrole nitrogens is 1. The lowest BCUT2D eigenvalue weighted by molar-refractivity contribution is 0.0633. The van der Waals surface area contributed by atoms with Gasteiger partial charge in [-0.05, 0) is 12.1 Å². The smallest absolute Gasteiger partial charge is 0.292 e. The summed E-state index contributed by atoms with van der Waals surface area (Å²) in [5.74, 6) is -1.26. The Kier molecular flexibility index (Phi) is 5.14. The molecule has 4 aromatic rings. The summed E-state index contributed by atoms with van der Waals surface area (Å²) in [4.78, 5) is 30.9. The van der Waals surface area contributed by atoms with E-state index in [0.717, 1.165) is 16.6 Å². The van der Waals surface area contributed by atoms with E-state index in [9.17, 15) is 13.6 Å². The molecule has 1 aliphatic heterocycles. The van der Waals surface area contributed by atoms with Crippen molar-refractivity contribution in [3.8, 4) is 0 Å². The molecule has 10 heteroatoms. The van der Waals surface area contributed by atoms with E-state index in [1.54, 1.807) is 6.33 Å². The van der Waals surface area contributed by atoms with Gasteiger partial charge in [0.1, 0.15) is 12.6 Å². The highest BCUT2D eigenvalue weighted by molar-refractivity contribution is 5.93. The molecule has 0 unspecified atom stereocenters. The highest BCUT2D eigenvalue weighted by Gasteiger charge is 2.39. The van der Waals surface area contributed by atoms with Crippen LogP contribution in [0.4, 0.5) is 8.78 Å². The molecular formula is C22H19F2N5O3. The first-order valence-electron chi connectivity index (χ1n) is 10.0. The van der Waals surface area contributed by atoms with Crippen LogP contribution >= 0.6 is 0 Å². The number of hydrogen-bond donors (Lipinski definition) is 1. The number of pyridine rings is 1. The van der Waals surface area contributed by atoms with Crippen LogP contribution in [0.25, 0.3) is 10.9 Å². The number of methoxy groups -OCH3 is 1. The number of oxazole rings is 1. The standard InChI is InChI=1S/C22H19F2N5O3/c1-31-10-16-28-18(21(23)24)20(32-16)22(30)29-9-8-14-17(26-11-25-14)19(29)15-7-6-12-4-2-3-5-13(12)27-15/h2-7,11,19,21H,8-10H2,1H3,(H,25,26)/t19-/m0/s1. The van der Waals surface area contributed by atoms with Crippen molar-refractivity contribution in [3.05, 3.63) is 77.2 Å². The molecule has 0 fully saturated rings. The molecule has 3 aromatic heterocycles. The number of halogens is 2. The van der Waals surface area contributed by atoms with Crippen molar-refractivity contribution in [2.45, 2.75) is 25.5 Å². The van der Waals surface area contributed by atoms with E-state index >= 15 is 0 Å². The number of imidazole rings is 1. The summed E-state index contributed by atoms with van der Waals surface area (Å²) >= 11 is 0. The number of rotatable bonds is 5. The predicted molar refractivity (Wildman–Crippen MR) is 109 cm³/mol. The molecule has 0 bridgehead atoms. The maximum atomic E-state index is 13.6. The summed E-state index contributed by atoms with van der Waals surface area (Å²) in [7, 11) is 1.39. The van der Waals surface area contributed by atoms with Crippen molar-refractivity contribution < 1.29 is 22.7 Å². The molecule has 32 heavy (non-hydrogen) atoms. The first kappa shape index (κ1) is 20.3. The Bertz CT molecular complexity index is 1290. The Morgan fingerprint density at radius 1 is 1.28 bits per heavy atom. The van der Waals surface area contributed by atoms with E-state index in [-0.39, 0.29) is 19.0 Å². The molecule has 5 rings (SSSR count). The molecule has 1 aromatic carbocycles. The largest absolute Gasteiger partial charge is 0.432 e. The van der Waals surface area contributed by atoms with Crippen molar-refractivity contribution in [1.82, 2.24) is 24.8 Å². The van der Waals surface area contributed by atoms with Crippen LogP contribution < -0.4 is 0 Å². The molecule has 8 nitrogen and oxygen atoms in total. The summed E-state index contributed by atoms with van der Waals surface area (Å²) in [6.07, 6.45) is -0.914. The van der Waals surface area contributed by atoms with Crippen LogP contribution in [0.1, 0.15) is 51.7 Å². The van der Waals surface area contributed by atoms with E-state index in [1.807, 2.05) is 36.4 Å². The number of benzene rings is 1. The van der Waals surface area contributed by atoms with Gasteiger partial charge in [0.25, 0.3) is 12.3 Å². The third-order valence-corrected chi connectivity index (χ3v) is 5.45. The van der Waals surface area contributed by atoms with Crippen LogP contribution in [-0.4, -0.2) is 44.4 Å². The minimum Gasteiger partial charge on any atom is -0.432 e. The zero-order chi connectivity index (χ0) is 22.2. The minimum atomic E-state index is -2.97. The molecular weight excluding hydrogens is 420 g/mol. The zero-order valence-corrected chi connectivity index (χ0v) is 17.1. The molecule has 1 amide bonds. The van der Waals surface area contributed by atoms with Crippen molar-refractivity contribution in [2.24, 2.45) is 0 Å². The highest BCUT2D eigenvalue weighted by Crippen LogP contribution is 2.35. The summed E-state index contributed by atoms with van der Waals surface area (Å²) in [5.41, 5.74) is 2.15. The van der Waals surface area contributed by atoms with Crippen LogP contribution in [0.2, 0.25) is 0 Å². The normalized spacial score (nSPS) is 16.0. The first-order chi connectivity index (χ1) is 15.6. The molecule has 0 saturated heterocycles. The van der Waals surface area contributed by atoms with Crippen molar-refractivity contribution >= 4 is 16.8 Å². The number of para-hydroxylation sites is 1. The van der Waals surface area contributed by atoms with Gasteiger partial charge in [-0.3, -0.25) is 9.78 Å². The van der Waals surface area contributed by atoms with Gasteiger partial charge < -0.3 is 19.0 Å². The topological polar surface area (TPSA) is 97.1 Å². The summed E-state index contributed by atoms with van der Waals surface area (Å²) in [6.45, 7) is 0.155. The number of aromatic nitrogens is 4. The number of aromatic amines is 1. The van der Waals surface area contributed by atoms with E-state index in [0.29, 0.717) is 17.8 Å². The van der Waals surface area contributed by atoms with Gasteiger partial charge in [-0.25, -0.2) is 18.7 Å². The Hall–Kier alpha value is -3.66. The van der Waals surface area contributed by atoms with Crippen molar-refractivity contribution in [1.29, 1.82) is 0 Å². The van der Waals surface area contributed by atoms with Gasteiger partial charge in [0.05, 0.1) is 23.2 Å². The van der Waals surface area contributed by atoms with E-state index < -0.39 is 29.8 Å². The fourth-order valence-electron chi connectivity index (χ4n) is 4.02. The maximum Gasteiger partial charge on any atom is 0.292 e. The van der Waals surface area contributed by atoms with E-state index in [4.69, 9.17) is 14.1 Å². The molecule has 1 atom stereocenters. The minimum absolute atomic E-state index is 0.0796. The van der Waals surface area contributed by atoms with Gasteiger partial charge in [-0.1, -0.05) is 24.3 Å². The molecule has 1 N–H and O–H groups in total. The van der Waals surface area contributed by atoms with Crippen LogP contribution in [0.3, 0.4) is 0 Å². The molecule has 0 spiro atoms. The average molecular weight is 439 g/mol. The van der Waals surface area contributed by atoms with Crippen LogP contribution in [0.15, 0.2) is 47.1 Å². The SMILES string of the molecule is COCc1nc(C(F)F)c(C(=O)N2CCc3[nH]cnc3[C@@H]2c2ccc3ccccc3n2)o1. The first-order valence-corrected chi connectivity index (χ1v) is 10.0. The lowest BCUT2D eigenvalue weighted by Gasteiger charge is -2.34. The second-order valence-corrected chi connectivity index (χ2v) is 7.40. The molecule has 164 valence electrons. The number of nitrogens with one attached hydrogen (secondary N) is 1. The van der Waals surface area contributed by atoms with Crippen molar-refractivity contribution in [3.63, 3.8) is 0 Å².